The number of ether oxygens (including phenoxy) is 1. The van der Waals surface area contributed by atoms with Gasteiger partial charge in [-0.3, -0.25) is 9.58 Å². The fourth-order valence-corrected chi connectivity index (χ4v) is 7.31. The van der Waals surface area contributed by atoms with Gasteiger partial charge >= 0.3 is 0 Å². The first kappa shape index (κ1) is 19.6. The molecule has 1 aliphatic carbocycles. The quantitative estimate of drug-likeness (QED) is 0.755. The van der Waals surface area contributed by atoms with E-state index in [0.29, 0.717) is 31.4 Å². The van der Waals surface area contributed by atoms with Gasteiger partial charge in [0.1, 0.15) is 10.0 Å². The molecule has 2 saturated heterocycles. The van der Waals surface area contributed by atoms with Crippen molar-refractivity contribution in [3.05, 3.63) is 10.8 Å². The lowest BCUT2D eigenvalue weighted by Gasteiger charge is -2.51. The summed E-state index contributed by atoms with van der Waals surface area (Å²) in [5, 5.41) is 4.37. The molecular weight excluding hydrogens is 388 g/mol. The van der Waals surface area contributed by atoms with Crippen LogP contribution in [-0.2, 0) is 21.8 Å². The van der Waals surface area contributed by atoms with Gasteiger partial charge in [-0.2, -0.15) is 9.40 Å². The minimum atomic E-state index is -3.71. The Kier molecular flexibility index (Phi) is 5.31. The third kappa shape index (κ3) is 3.33. The summed E-state index contributed by atoms with van der Waals surface area (Å²) in [6.07, 6.45) is 6.72. The normalized spacial score (nSPS) is 31.0. The number of aromatic nitrogens is 2. The Balaban J connectivity index is 1.65. The van der Waals surface area contributed by atoms with Crippen molar-refractivity contribution in [1.82, 2.24) is 19.0 Å². The largest absolute Gasteiger partial charge is 0.371 e. The fourth-order valence-electron chi connectivity index (χ4n) is 5.12. The third-order valence-electron chi connectivity index (χ3n) is 6.39. The SMILES string of the molecule is Cc1nn(C)c(Cl)c1S(=O)(=O)N1CCO[C@]2(CCCC[C@H]2N2CCCC2)C1. The van der Waals surface area contributed by atoms with Crippen LogP contribution in [0.4, 0.5) is 0 Å². The third-order valence-corrected chi connectivity index (χ3v) is 8.93. The van der Waals surface area contributed by atoms with E-state index in [0.717, 1.165) is 32.4 Å². The van der Waals surface area contributed by atoms with Crippen molar-refractivity contribution in [2.45, 2.75) is 62.0 Å². The standard InChI is InChI=1S/C18H29ClN4O3S/c1-14-16(17(19)21(2)20-14)27(24,25)23-11-12-26-18(13-23)8-4-3-7-15(18)22-9-5-6-10-22/h15H,3-13H2,1-2H3/t15-,18-/m1/s1. The monoisotopic (exact) mass is 416 g/mol. The number of aryl methyl sites for hydroxylation is 2. The number of nitrogens with zero attached hydrogens (tertiary/aromatic N) is 4. The molecule has 27 heavy (non-hydrogen) atoms. The molecule has 2 atom stereocenters. The summed E-state index contributed by atoms with van der Waals surface area (Å²) in [4.78, 5) is 2.66. The van der Waals surface area contributed by atoms with Crippen molar-refractivity contribution in [3.63, 3.8) is 0 Å². The Labute approximate surface area is 166 Å². The number of hydrogen-bond donors (Lipinski definition) is 0. The van der Waals surface area contributed by atoms with Crippen LogP contribution in [0.5, 0.6) is 0 Å². The predicted octanol–water partition coefficient (Wildman–Crippen LogP) is 2.18. The Morgan fingerprint density at radius 2 is 1.93 bits per heavy atom. The molecule has 0 unspecified atom stereocenters. The zero-order valence-electron chi connectivity index (χ0n) is 16.2. The number of hydrogen-bond acceptors (Lipinski definition) is 5. The van der Waals surface area contributed by atoms with Crippen molar-refractivity contribution < 1.29 is 13.2 Å². The summed E-state index contributed by atoms with van der Waals surface area (Å²) in [6, 6.07) is 0.303. The maximum Gasteiger partial charge on any atom is 0.248 e. The van der Waals surface area contributed by atoms with Crippen LogP contribution >= 0.6 is 11.6 Å². The molecule has 3 fully saturated rings. The Morgan fingerprint density at radius 1 is 1.19 bits per heavy atom. The van der Waals surface area contributed by atoms with E-state index in [9.17, 15) is 8.42 Å². The average molecular weight is 417 g/mol. The molecule has 2 aliphatic heterocycles. The first-order chi connectivity index (χ1) is 12.8. The lowest BCUT2D eigenvalue weighted by Crippen LogP contribution is -2.64. The molecule has 0 bridgehead atoms. The lowest BCUT2D eigenvalue weighted by molar-refractivity contribution is -0.149. The van der Waals surface area contributed by atoms with Crippen molar-refractivity contribution in [1.29, 1.82) is 0 Å². The zero-order chi connectivity index (χ0) is 19.2. The molecule has 0 aromatic carbocycles. The highest BCUT2D eigenvalue weighted by Gasteiger charge is 2.50. The Morgan fingerprint density at radius 3 is 2.59 bits per heavy atom. The molecule has 0 amide bonds. The number of halogens is 1. The molecule has 7 nitrogen and oxygen atoms in total. The highest BCUT2D eigenvalue weighted by Crippen LogP contribution is 2.40. The minimum Gasteiger partial charge on any atom is -0.371 e. The fraction of sp³-hybridized carbons (Fsp3) is 0.833. The number of rotatable bonds is 3. The summed E-state index contributed by atoms with van der Waals surface area (Å²) in [5.74, 6) is 0. The molecule has 1 saturated carbocycles. The minimum absolute atomic E-state index is 0.136. The van der Waals surface area contributed by atoms with Crippen LogP contribution in [-0.4, -0.2) is 71.8 Å². The molecule has 3 aliphatic rings. The summed E-state index contributed by atoms with van der Waals surface area (Å²) < 4.78 is 36.2. The first-order valence-electron chi connectivity index (χ1n) is 9.92. The van der Waals surface area contributed by atoms with Crippen LogP contribution in [0, 0.1) is 6.92 Å². The van der Waals surface area contributed by atoms with E-state index in [4.69, 9.17) is 16.3 Å². The molecule has 3 heterocycles. The van der Waals surface area contributed by atoms with Crippen LogP contribution in [0.15, 0.2) is 4.90 Å². The van der Waals surface area contributed by atoms with E-state index in [1.54, 1.807) is 18.3 Å². The number of sulfonamides is 1. The van der Waals surface area contributed by atoms with E-state index in [2.05, 4.69) is 10.00 Å². The molecule has 1 aromatic rings. The van der Waals surface area contributed by atoms with E-state index < -0.39 is 15.6 Å². The molecule has 0 N–H and O–H groups in total. The average Bonchev–Trinajstić information content (AvgIpc) is 3.24. The van der Waals surface area contributed by atoms with Crippen molar-refractivity contribution in [2.75, 3.05) is 32.8 Å². The maximum atomic E-state index is 13.4. The van der Waals surface area contributed by atoms with Gasteiger partial charge in [0.15, 0.2) is 0 Å². The molecule has 0 radical (unpaired) electrons. The second-order valence-corrected chi connectivity index (χ2v) is 10.3. The highest BCUT2D eigenvalue weighted by molar-refractivity contribution is 7.89. The zero-order valence-corrected chi connectivity index (χ0v) is 17.7. The molecule has 152 valence electrons. The summed E-state index contributed by atoms with van der Waals surface area (Å²) >= 11 is 6.28. The van der Waals surface area contributed by atoms with Crippen molar-refractivity contribution in [2.24, 2.45) is 7.05 Å². The van der Waals surface area contributed by atoms with Crippen LogP contribution in [0.25, 0.3) is 0 Å². The van der Waals surface area contributed by atoms with E-state index in [1.807, 2.05) is 0 Å². The van der Waals surface area contributed by atoms with Crippen molar-refractivity contribution >= 4 is 21.6 Å². The topological polar surface area (TPSA) is 67.7 Å². The predicted molar refractivity (Wildman–Crippen MR) is 103 cm³/mol. The van der Waals surface area contributed by atoms with Gasteiger partial charge < -0.3 is 4.74 Å². The van der Waals surface area contributed by atoms with Gasteiger partial charge in [0.2, 0.25) is 10.0 Å². The summed E-state index contributed by atoms with van der Waals surface area (Å²) in [5.41, 5.74) is 0.0408. The van der Waals surface area contributed by atoms with E-state index in [1.165, 1.54) is 23.9 Å². The molecule has 1 aromatic heterocycles. The molecular formula is C18H29ClN4O3S. The van der Waals surface area contributed by atoms with Gasteiger partial charge in [-0.25, -0.2) is 8.42 Å². The summed E-state index contributed by atoms with van der Waals surface area (Å²) in [6.45, 7) is 5.08. The van der Waals surface area contributed by atoms with Crippen LogP contribution < -0.4 is 0 Å². The van der Waals surface area contributed by atoms with Crippen LogP contribution in [0.3, 0.4) is 0 Å². The van der Waals surface area contributed by atoms with Gasteiger partial charge in [-0.05, 0) is 45.7 Å². The van der Waals surface area contributed by atoms with Crippen LogP contribution in [0.1, 0.15) is 44.2 Å². The molecule has 1 spiro atoms. The van der Waals surface area contributed by atoms with Crippen LogP contribution in [0.2, 0.25) is 5.15 Å². The van der Waals surface area contributed by atoms with Gasteiger partial charge in [-0.1, -0.05) is 24.4 Å². The second kappa shape index (κ2) is 7.30. The Bertz CT molecular complexity index is 802. The van der Waals surface area contributed by atoms with Gasteiger partial charge in [0.05, 0.1) is 17.9 Å². The van der Waals surface area contributed by atoms with Gasteiger partial charge in [-0.15, -0.1) is 0 Å². The van der Waals surface area contributed by atoms with E-state index >= 15 is 0 Å². The first-order valence-corrected chi connectivity index (χ1v) is 11.7. The lowest BCUT2D eigenvalue weighted by atomic mass is 9.78. The second-order valence-electron chi connectivity index (χ2n) is 8.09. The number of morpholine rings is 1. The van der Waals surface area contributed by atoms with Gasteiger partial charge in [0.25, 0.3) is 0 Å². The Hall–Kier alpha value is -0.670. The summed E-state index contributed by atoms with van der Waals surface area (Å²) in [7, 11) is -2.04. The maximum absolute atomic E-state index is 13.4. The molecule has 4 rings (SSSR count). The van der Waals surface area contributed by atoms with Gasteiger partial charge in [0, 0.05) is 26.2 Å². The van der Waals surface area contributed by atoms with E-state index in [-0.39, 0.29) is 10.0 Å². The number of likely N-dealkylation sites (tertiary alicyclic amines) is 1. The van der Waals surface area contributed by atoms with Crippen molar-refractivity contribution in [3.8, 4) is 0 Å². The highest BCUT2D eigenvalue weighted by atomic mass is 35.5. The molecule has 9 heteroatoms. The smallest absolute Gasteiger partial charge is 0.248 e.